The standard InChI is InChI=1S/C49H84O17P2/c1-3-5-7-8-9-10-11-12-13-14-15-16-21-24-27-30-33-37-43(52)64-41(39-63-68(60,61)66-49-46(55)44(53)45(54)48(47(49)56)65-67(57,58)59)38-62-42(51)36-32-29-26-23-20-18-17-19-22-25-28-31-35-40(50)34-6-4-2/h6,12-13,17-18,22-23,25-26,28,31,34,40-41,44-50,53-56H,3-5,7-11,14-16,19-21,24,27,29-30,32-33,35-39H2,1-2H3,(H,60,61)(H2,57,58,59)/b13-12-,18-17-,25-22-,26-23-,31-28+,34-6-/t40?,41-,44?,45?,46?,47?,48-,49+/m1/s1. The van der Waals surface area contributed by atoms with Crippen LogP contribution in [-0.4, -0.2) is 114 Å². The molecule has 0 aromatic heterocycles. The molecule has 19 heteroatoms. The second-order valence-corrected chi connectivity index (χ2v) is 19.6. The Kier molecular flexibility index (Phi) is 36.4. The summed E-state index contributed by atoms with van der Waals surface area (Å²) in [5, 5.41) is 51.0. The summed E-state index contributed by atoms with van der Waals surface area (Å²) in [5.74, 6) is -1.31. The van der Waals surface area contributed by atoms with Gasteiger partial charge in [0.2, 0.25) is 0 Å². The van der Waals surface area contributed by atoms with E-state index in [9.17, 15) is 58.9 Å². The van der Waals surface area contributed by atoms with Gasteiger partial charge in [0, 0.05) is 12.8 Å². The van der Waals surface area contributed by atoms with Gasteiger partial charge in [0.25, 0.3) is 0 Å². The second kappa shape index (κ2) is 39.1. The van der Waals surface area contributed by atoms with Gasteiger partial charge in [-0.3, -0.25) is 23.2 Å². The Bertz CT molecular complexity index is 1610. The molecule has 1 aliphatic rings. The minimum atomic E-state index is -5.38. The molecule has 8 N–H and O–H groups in total. The smallest absolute Gasteiger partial charge is 0.462 e. The number of phosphoric acid groups is 2. The van der Waals surface area contributed by atoms with E-state index in [4.69, 9.17) is 18.5 Å². The number of ether oxygens (including phenoxy) is 2. The number of aliphatic hydroxyl groups is 5. The highest BCUT2D eigenvalue weighted by Gasteiger charge is 2.54. The van der Waals surface area contributed by atoms with Crippen LogP contribution in [0.5, 0.6) is 0 Å². The molecule has 6 unspecified atom stereocenters. The lowest BCUT2D eigenvalue weighted by Gasteiger charge is -2.43. The molecule has 0 spiro atoms. The van der Waals surface area contributed by atoms with Gasteiger partial charge >= 0.3 is 27.6 Å². The Labute approximate surface area is 404 Å². The highest BCUT2D eigenvalue weighted by Crippen LogP contribution is 2.49. The lowest BCUT2D eigenvalue weighted by atomic mass is 9.85. The van der Waals surface area contributed by atoms with Crippen molar-refractivity contribution in [3.8, 4) is 0 Å². The van der Waals surface area contributed by atoms with Crippen molar-refractivity contribution in [2.45, 2.75) is 210 Å². The van der Waals surface area contributed by atoms with Crippen LogP contribution in [0, 0.1) is 0 Å². The maximum Gasteiger partial charge on any atom is 0.472 e. The topological polar surface area (TPSA) is 276 Å². The summed E-state index contributed by atoms with van der Waals surface area (Å²) in [6, 6.07) is 0. The fraction of sp³-hybridized carbons (Fsp3) is 0.714. The van der Waals surface area contributed by atoms with Gasteiger partial charge in [-0.15, -0.1) is 0 Å². The van der Waals surface area contributed by atoms with Crippen molar-refractivity contribution >= 4 is 27.6 Å². The molecule has 0 amide bonds. The largest absolute Gasteiger partial charge is 0.472 e. The van der Waals surface area contributed by atoms with E-state index < -0.39 is 89.6 Å². The van der Waals surface area contributed by atoms with Gasteiger partial charge in [0.05, 0.1) is 12.7 Å². The van der Waals surface area contributed by atoms with Crippen LogP contribution in [0.25, 0.3) is 0 Å². The van der Waals surface area contributed by atoms with E-state index in [1.807, 2.05) is 61.6 Å². The molecule has 0 aromatic rings. The first-order valence-electron chi connectivity index (χ1n) is 24.6. The van der Waals surface area contributed by atoms with Gasteiger partial charge in [-0.25, -0.2) is 9.13 Å². The molecule has 0 aliphatic heterocycles. The highest BCUT2D eigenvalue weighted by molar-refractivity contribution is 7.47. The third-order valence-corrected chi connectivity index (χ3v) is 12.3. The van der Waals surface area contributed by atoms with Gasteiger partial charge in [-0.1, -0.05) is 151 Å². The van der Waals surface area contributed by atoms with Crippen molar-refractivity contribution in [1.82, 2.24) is 0 Å². The van der Waals surface area contributed by atoms with Gasteiger partial charge in [0.15, 0.2) is 6.10 Å². The lowest BCUT2D eigenvalue weighted by molar-refractivity contribution is -0.216. The number of hydrogen-bond donors (Lipinski definition) is 8. The fourth-order valence-corrected chi connectivity index (χ4v) is 8.56. The predicted molar refractivity (Wildman–Crippen MR) is 261 cm³/mol. The van der Waals surface area contributed by atoms with Crippen LogP contribution in [0.2, 0.25) is 0 Å². The second-order valence-electron chi connectivity index (χ2n) is 17.0. The van der Waals surface area contributed by atoms with Crippen molar-refractivity contribution < 1.29 is 82.0 Å². The molecule has 1 aliphatic carbocycles. The summed E-state index contributed by atoms with van der Waals surface area (Å²) >= 11 is 0. The number of phosphoric ester groups is 2. The van der Waals surface area contributed by atoms with Crippen LogP contribution >= 0.6 is 15.6 Å². The molecular formula is C49H84O17P2. The molecule has 1 rings (SSSR count). The molecule has 0 aromatic carbocycles. The first kappa shape index (κ1) is 63.4. The van der Waals surface area contributed by atoms with Crippen LogP contribution in [0.4, 0.5) is 0 Å². The molecule has 68 heavy (non-hydrogen) atoms. The molecule has 1 saturated carbocycles. The number of carbonyl (C=O) groups is 2. The van der Waals surface area contributed by atoms with E-state index in [1.165, 1.54) is 38.5 Å². The monoisotopic (exact) mass is 1010 g/mol. The zero-order chi connectivity index (χ0) is 50.5. The van der Waals surface area contributed by atoms with Crippen molar-refractivity contribution in [3.05, 3.63) is 72.9 Å². The average molecular weight is 1010 g/mol. The molecule has 392 valence electrons. The normalized spacial score (nSPS) is 22.3. The Morgan fingerprint density at radius 3 is 1.69 bits per heavy atom. The van der Waals surface area contributed by atoms with Crippen LogP contribution in [-0.2, 0) is 41.8 Å². The quantitative estimate of drug-likeness (QED) is 0.00938. The summed E-state index contributed by atoms with van der Waals surface area (Å²) in [5.41, 5.74) is 0. The third kappa shape index (κ3) is 33.1. The number of carbonyl (C=O) groups excluding carboxylic acids is 2. The van der Waals surface area contributed by atoms with E-state index in [0.29, 0.717) is 32.1 Å². The zero-order valence-electron chi connectivity index (χ0n) is 40.4. The molecule has 0 heterocycles. The minimum Gasteiger partial charge on any atom is -0.462 e. The summed E-state index contributed by atoms with van der Waals surface area (Å²) in [6.07, 6.45) is 29.1. The number of allylic oxidation sites excluding steroid dienone is 10. The highest BCUT2D eigenvalue weighted by atomic mass is 31.2. The van der Waals surface area contributed by atoms with Crippen LogP contribution < -0.4 is 0 Å². The van der Waals surface area contributed by atoms with Crippen LogP contribution in [0.1, 0.15) is 162 Å². The van der Waals surface area contributed by atoms with Gasteiger partial charge in [0.1, 0.15) is 43.2 Å². The van der Waals surface area contributed by atoms with Crippen molar-refractivity contribution in [2.75, 3.05) is 13.2 Å². The van der Waals surface area contributed by atoms with E-state index in [-0.39, 0.29) is 12.8 Å². The van der Waals surface area contributed by atoms with E-state index in [1.54, 1.807) is 6.08 Å². The van der Waals surface area contributed by atoms with Gasteiger partial charge < -0.3 is 49.7 Å². The minimum absolute atomic E-state index is 0.0154. The molecule has 0 radical (unpaired) electrons. The summed E-state index contributed by atoms with van der Waals surface area (Å²) < 4.78 is 49.3. The Balaban J connectivity index is 2.63. The van der Waals surface area contributed by atoms with Gasteiger partial charge in [-0.2, -0.15) is 0 Å². The lowest BCUT2D eigenvalue weighted by Crippen LogP contribution is -2.64. The van der Waals surface area contributed by atoms with Crippen LogP contribution in [0.3, 0.4) is 0 Å². The summed E-state index contributed by atoms with van der Waals surface area (Å²) in [6.45, 7) is 2.82. The van der Waals surface area contributed by atoms with E-state index in [0.717, 1.165) is 64.2 Å². The van der Waals surface area contributed by atoms with E-state index in [2.05, 4.69) is 23.6 Å². The first-order valence-corrected chi connectivity index (χ1v) is 27.6. The summed E-state index contributed by atoms with van der Waals surface area (Å²) in [4.78, 5) is 54.3. The number of rotatable bonds is 40. The maximum absolute atomic E-state index is 13.0. The predicted octanol–water partition coefficient (Wildman–Crippen LogP) is 8.59. The zero-order valence-corrected chi connectivity index (χ0v) is 42.2. The molecule has 0 bridgehead atoms. The van der Waals surface area contributed by atoms with Gasteiger partial charge in [-0.05, 0) is 70.6 Å². The molecule has 1 fully saturated rings. The third-order valence-electron chi connectivity index (χ3n) is 10.8. The Hall–Kier alpha value is -2.60. The maximum atomic E-state index is 13.0. The molecule has 0 saturated heterocycles. The first-order chi connectivity index (χ1) is 32.5. The van der Waals surface area contributed by atoms with Crippen molar-refractivity contribution in [3.63, 3.8) is 0 Å². The van der Waals surface area contributed by atoms with Crippen LogP contribution in [0.15, 0.2) is 72.9 Å². The van der Waals surface area contributed by atoms with Crippen molar-refractivity contribution in [2.24, 2.45) is 0 Å². The number of aliphatic hydroxyl groups excluding tert-OH is 5. The Morgan fingerprint density at radius 2 is 1.07 bits per heavy atom. The SMILES string of the molecule is CC/C=C\C(O)C/C=C/C=C\C/C=C\C/C=C\CCCC(=O)OC[C@H](COP(=O)(O)O[C@H]1C(O)C(O)C(O)[C@@H](OP(=O)(O)O)C1O)OC(=O)CCCCCCCCC/C=C\CCCCCCCC. The summed E-state index contributed by atoms with van der Waals surface area (Å²) in [7, 11) is -10.7. The van der Waals surface area contributed by atoms with Crippen molar-refractivity contribution in [1.29, 1.82) is 0 Å². The average Bonchev–Trinajstić information content (AvgIpc) is 3.29. The van der Waals surface area contributed by atoms with E-state index >= 15 is 0 Å². The fourth-order valence-electron chi connectivity index (χ4n) is 7.02. The number of unbranched alkanes of at least 4 members (excludes halogenated alkanes) is 14. The molecule has 9 atom stereocenters. The molecular weight excluding hydrogens is 922 g/mol. The molecule has 17 nitrogen and oxygen atoms in total. The number of esters is 2. The number of hydrogen-bond acceptors (Lipinski definition) is 14. The Morgan fingerprint density at radius 1 is 0.559 bits per heavy atom.